The van der Waals surface area contributed by atoms with Crippen LogP contribution in [0.25, 0.3) is 17.6 Å². The van der Waals surface area contributed by atoms with Crippen LogP contribution in [0.2, 0.25) is 0 Å². The Bertz CT molecular complexity index is 1180. The minimum absolute atomic E-state index is 0.0662. The molecule has 2 aliphatic heterocycles. The number of nitrogens with zero attached hydrogens (tertiary/aromatic N) is 4. The number of carbonyl (C=O) groups is 2. The maximum Gasteiger partial charge on any atom is 0.272 e. The van der Waals surface area contributed by atoms with Crippen molar-refractivity contribution in [3.63, 3.8) is 0 Å². The molecule has 8 nitrogen and oxygen atoms in total. The first-order chi connectivity index (χ1) is 15.9. The fourth-order valence-corrected chi connectivity index (χ4v) is 5.04. The number of likely N-dealkylation sites (tertiary alicyclic amines) is 2. The second kappa shape index (κ2) is 8.35. The summed E-state index contributed by atoms with van der Waals surface area (Å²) in [6.07, 6.45) is 8.96. The molecule has 0 spiro atoms. The normalized spacial score (nSPS) is 24.4. The Balaban J connectivity index is 1.34. The van der Waals surface area contributed by atoms with Crippen molar-refractivity contribution in [3.05, 3.63) is 64.8 Å². The van der Waals surface area contributed by atoms with E-state index in [1.165, 1.54) is 0 Å². The van der Waals surface area contributed by atoms with E-state index < -0.39 is 0 Å². The zero-order valence-corrected chi connectivity index (χ0v) is 18.9. The molecule has 1 aliphatic carbocycles. The van der Waals surface area contributed by atoms with E-state index in [2.05, 4.69) is 23.0 Å². The van der Waals surface area contributed by atoms with Crippen LogP contribution in [0, 0.1) is 11.8 Å². The lowest BCUT2D eigenvalue weighted by molar-refractivity contribution is -0.117. The molecule has 33 heavy (non-hydrogen) atoms. The first kappa shape index (κ1) is 21.2. The van der Waals surface area contributed by atoms with Gasteiger partial charge < -0.3 is 20.5 Å². The Morgan fingerprint density at radius 1 is 1.12 bits per heavy atom. The van der Waals surface area contributed by atoms with Crippen LogP contribution < -0.4 is 5.73 Å². The first-order valence-corrected chi connectivity index (χ1v) is 11.3. The molecule has 0 radical (unpaired) electrons. The molecule has 4 heterocycles. The molecule has 2 aromatic heterocycles. The van der Waals surface area contributed by atoms with Crippen molar-refractivity contribution in [3.8, 4) is 11.5 Å². The molecular formula is C25H28N6O2. The Morgan fingerprint density at radius 2 is 1.88 bits per heavy atom. The highest BCUT2D eigenvalue weighted by atomic mass is 16.2. The van der Waals surface area contributed by atoms with Crippen LogP contribution in [-0.4, -0.2) is 63.2 Å². The topological polar surface area (TPSA) is 108 Å². The van der Waals surface area contributed by atoms with E-state index in [1.54, 1.807) is 11.0 Å². The number of imidazole rings is 1. The van der Waals surface area contributed by atoms with E-state index in [-0.39, 0.29) is 11.8 Å². The molecule has 0 saturated carbocycles. The number of rotatable bonds is 5. The van der Waals surface area contributed by atoms with E-state index in [9.17, 15) is 9.59 Å². The van der Waals surface area contributed by atoms with E-state index >= 15 is 0 Å². The van der Waals surface area contributed by atoms with Crippen molar-refractivity contribution in [2.75, 3.05) is 26.2 Å². The summed E-state index contributed by atoms with van der Waals surface area (Å²) in [5, 5.41) is 0. The Hall–Kier alpha value is -3.68. The fraction of sp³-hybridized carbons (Fsp3) is 0.360. The molecule has 0 bridgehead atoms. The molecule has 2 aromatic rings. The maximum absolute atomic E-state index is 13.1. The lowest BCUT2D eigenvalue weighted by Crippen LogP contribution is -2.33. The van der Waals surface area contributed by atoms with Crippen LogP contribution in [0.15, 0.2) is 47.7 Å². The van der Waals surface area contributed by atoms with Crippen LogP contribution in [0.5, 0.6) is 0 Å². The van der Waals surface area contributed by atoms with Gasteiger partial charge in [-0.1, -0.05) is 23.8 Å². The van der Waals surface area contributed by atoms with E-state index in [0.29, 0.717) is 42.1 Å². The number of allylic oxidation sites excluding steroid dienone is 5. The molecule has 170 valence electrons. The third-order valence-corrected chi connectivity index (χ3v) is 6.78. The Morgan fingerprint density at radius 3 is 2.58 bits per heavy atom. The van der Waals surface area contributed by atoms with Gasteiger partial charge in [-0.3, -0.25) is 9.59 Å². The van der Waals surface area contributed by atoms with Crippen molar-refractivity contribution >= 4 is 18.4 Å². The van der Waals surface area contributed by atoms with Gasteiger partial charge >= 0.3 is 0 Å². The van der Waals surface area contributed by atoms with Gasteiger partial charge in [-0.05, 0) is 38.1 Å². The first-order valence-electron chi connectivity index (χ1n) is 11.3. The Kier molecular flexibility index (Phi) is 5.36. The minimum Gasteiger partial charge on any atom is -0.402 e. The molecule has 0 aromatic carbocycles. The number of nitrogens with one attached hydrogen (secondary N) is 1. The van der Waals surface area contributed by atoms with Gasteiger partial charge in [0.15, 0.2) is 5.82 Å². The molecule has 8 heteroatoms. The number of carbonyl (C=O) groups excluding carboxylic acids is 2. The number of aromatic nitrogens is 3. The number of fused-ring (bicyclic) bond motifs is 2. The summed E-state index contributed by atoms with van der Waals surface area (Å²) in [6.45, 7) is 6.73. The SMILES string of the molecule is C/C(N)=C/C=C(\C)C1C=Cc2nc(-c3cccc(C(=O)N4CC5CN(C=O)CC5C4)n3)[nH]c21. The molecular weight excluding hydrogens is 416 g/mol. The van der Waals surface area contributed by atoms with Crippen LogP contribution >= 0.6 is 0 Å². The summed E-state index contributed by atoms with van der Waals surface area (Å²) in [6, 6.07) is 5.47. The average molecular weight is 445 g/mol. The summed E-state index contributed by atoms with van der Waals surface area (Å²) < 4.78 is 0. The van der Waals surface area contributed by atoms with Crippen molar-refractivity contribution in [2.24, 2.45) is 17.6 Å². The van der Waals surface area contributed by atoms with Crippen molar-refractivity contribution in [1.82, 2.24) is 24.8 Å². The monoisotopic (exact) mass is 444 g/mol. The van der Waals surface area contributed by atoms with Crippen molar-refractivity contribution < 1.29 is 9.59 Å². The predicted molar refractivity (Wildman–Crippen MR) is 126 cm³/mol. The second-order valence-electron chi connectivity index (χ2n) is 9.24. The molecule has 3 aliphatic rings. The van der Waals surface area contributed by atoms with Crippen LogP contribution in [0.4, 0.5) is 0 Å². The van der Waals surface area contributed by atoms with Gasteiger partial charge in [0.05, 0.1) is 11.4 Å². The molecule has 3 unspecified atom stereocenters. The molecule has 3 atom stereocenters. The van der Waals surface area contributed by atoms with Gasteiger partial charge in [0, 0.05) is 49.6 Å². The Labute approximate surface area is 192 Å². The summed E-state index contributed by atoms with van der Waals surface area (Å²) in [5.74, 6) is 1.41. The van der Waals surface area contributed by atoms with E-state index in [1.807, 2.05) is 42.2 Å². The number of hydrogen-bond donors (Lipinski definition) is 2. The lowest BCUT2D eigenvalue weighted by atomic mass is 9.99. The van der Waals surface area contributed by atoms with Gasteiger partial charge in [-0.2, -0.15) is 0 Å². The zero-order chi connectivity index (χ0) is 23.1. The van der Waals surface area contributed by atoms with E-state index in [4.69, 9.17) is 10.7 Å². The summed E-state index contributed by atoms with van der Waals surface area (Å²) in [5.41, 5.74) is 10.7. The fourth-order valence-electron chi connectivity index (χ4n) is 5.04. The van der Waals surface area contributed by atoms with E-state index in [0.717, 1.165) is 42.2 Å². The summed E-state index contributed by atoms with van der Waals surface area (Å²) in [4.78, 5) is 40.6. The molecule has 2 amide bonds. The number of aromatic amines is 1. The van der Waals surface area contributed by atoms with Crippen LogP contribution in [-0.2, 0) is 4.79 Å². The quantitative estimate of drug-likeness (QED) is 0.544. The summed E-state index contributed by atoms with van der Waals surface area (Å²) in [7, 11) is 0. The van der Waals surface area contributed by atoms with Gasteiger partial charge in [0.25, 0.3) is 5.91 Å². The standard InChI is InChI=1S/C25H28N6O2/c1-15(6-7-16(2)26)19-8-9-20-23(19)29-24(28-20)21-4-3-5-22(27-21)25(33)31-12-17-10-30(14-32)11-18(17)13-31/h3-9,14,17-19H,10-13,26H2,1-2H3,(H,28,29)/b15-6+,16-7-. The van der Waals surface area contributed by atoms with Crippen LogP contribution in [0.3, 0.4) is 0 Å². The average Bonchev–Trinajstić information content (AvgIpc) is 3.56. The number of nitrogens with two attached hydrogens (primary N) is 1. The van der Waals surface area contributed by atoms with Gasteiger partial charge in [-0.25, -0.2) is 9.97 Å². The largest absolute Gasteiger partial charge is 0.402 e. The van der Waals surface area contributed by atoms with Gasteiger partial charge in [0.1, 0.15) is 11.4 Å². The highest BCUT2D eigenvalue weighted by Gasteiger charge is 2.41. The number of H-pyrrole nitrogens is 1. The zero-order valence-electron chi connectivity index (χ0n) is 18.9. The lowest BCUT2D eigenvalue weighted by Gasteiger charge is -2.19. The maximum atomic E-state index is 13.1. The van der Waals surface area contributed by atoms with Gasteiger partial charge in [0.2, 0.25) is 6.41 Å². The summed E-state index contributed by atoms with van der Waals surface area (Å²) >= 11 is 0. The smallest absolute Gasteiger partial charge is 0.272 e. The van der Waals surface area contributed by atoms with Crippen molar-refractivity contribution in [2.45, 2.75) is 19.8 Å². The van der Waals surface area contributed by atoms with Crippen molar-refractivity contribution in [1.29, 1.82) is 0 Å². The highest BCUT2D eigenvalue weighted by Crippen LogP contribution is 2.35. The van der Waals surface area contributed by atoms with Crippen LogP contribution in [0.1, 0.15) is 41.6 Å². The third kappa shape index (κ3) is 3.97. The molecule has 3 N–H and O–H groups in total. The van der Waals surface area contributed by atoms with Gasteiger partial charge in [-0.15, -0.1) is 0 Å². The second-order valence-corrected chi connectivity index (χ2v) is 9.24. The molecule has 5 rings (SSSR count). The number of amides is 2. The molecule has 2 saturated heterocycles. The number of pyridine rings is 1. The minimum atomic E-state index is -0.0662. The predicted octanol–water partition coefficient (Wildman–Crippen LogP) is 2.55. The third-order valence-electron chi connectivity index (χ3n) is 6.78. The molecule has 2 fully saturated rings. The highest BCUT2D eigenvalue weighted by molar-refractivity contribution is 5.93. The number of hydrogen-bond acceptors (Lipinski definition) is 5.